The van der Waals surface area contributed by atoms with E-state index in [-0.39, 0.29) is 0 Å². The van der Waals surface area contributed by atoms with Crippen molar-refractivity contribution in [3.05, 3.63) is 0 Å². The third-order valence-corrected chi connectivity index (χ3v) is 3.95. The second kappa shape index (κ2) is 6.58. The molecule has 0 amide bonds. The standard InChI is InChI=1S/C13H26N2O/c14-12-6-8-15(9-7-12)10-11-16-13-4-2-1-3-5-13/h12-13H,1-11,14H2. The topological polar surface area (TPSA) is 38.5 Å². The van der Waals surface area contributed by atoms with Gasteiger partial charge >= 0.3 is 0 Å². The Balaban J connectivity index is 1.53. The molecule has 1 aliphatic carbocycles. The van der Waals surface area contributed by atoms with Crippen molar-refractivity contribution >= 4 is 0 Å². The molecule has 2 N–H and O–H groups in total. The number of rotatable bonds is 4. The van der Waals surface area contributed by atoms with E-state index in [0.717, 1.165) is 39.1 Å². The molecule has 0 bridgehead atoms. The predicted molar refractivity (Wildman–Crippen MR) is 66.5 cm³/mol. The Morgan fingerprint density at radius 3 is 2.38 bits per heavy atom. The molecule has 0 aromatic heterocycles. The fourth-order valence-electron chi connectivity index (χ4n) is 2.76. The molecule has 1 aliphatic heterocycles. The van der Waals surface area contributed by atoms with Crippen LogP contribution < -0.4 is 5.73 Å². The zero-order chi connectivity index (χ0) is 11.2. The van der Waals surface area contributed by atoms with Gasteiger partial charge in [0.25, 0.3) is 0 Å². The summed E-state index contributed by atoms with van der Waals surface area (Å²) in [6.45, 7) is 4.34. The third-order valence-electron chi connectivity index (χ3n) is 3.95. The lowest BCUT2D eigenvalue weighted by molar-refractivity contribution is 0.0134. The van der Waals surface area contributed by atoms with Crippen molar-refractivity contribution in [2.75, 3.05) is 26.2 Å². The number of hydrogen-bond donors (Lipinski definition) is 1. The number of nitrogens with two attached hydrogens (primary N) is 1. The molecule has 3 nitrogen and oxygen atoms in total. The number of ether oxygens (including phenoxy) is 1. The lowest BCUT2D eigenvalue weighted by Crippen LogP contribution is -2.41. The zero-order valence-electron chi connectivity index (χ0n) is 10.4. The van der Waals surface area contributed by atoms with Gasteiger partial charge in [0.15, 0.2) is 0 Å². The van der Waals surface area contributed by atoms with E-state index in [4.69, 9.17) is 10.5 Å². The molecule has 16 heavy (non-hydrogen) atoms. The molecule has 0 aromatic rings. The summed E-state index contributed by atoms with van der Waals surface area (Å²) in [5.41, 5.74) is 5.88. The fraction of sp³-hybridized carbons (Fsp3) is 1.00. The fourth-order valence-corrected chi connectivity index (χ4v) is 2.76. The highest BCUT2D eigenvalue weighted by atomic mass is 16.5. The average molecular weight is 226 g/mol. The van der Waals surface area contributed by atoms with Crippen LogP contribution in [0.3, 0.4) is 0 Å². The summed E-state index contributed by atoms with van der Waals surface area (Å²) in [7, 11) is 0. The van der Waals surface area contributed by atoms with E-state index in [1.807, 2.05) is 0 Å². The lowest BCUT2D eigenvalue weighted by Gasteiger charge is -2.30. The summed E-state index contributed by atoms with van der Waals surface area (Å²) >= 11 is 0. The minimum Gasteiger partial charge on any atom is -0.377 e. The van der Waals surface area contributed by atoms with Gasteiger partial charge < -0.3 is 15.4 Å². The van der Waals surface area contributed by atoms with Crippen molar-refractivity contribution < 1.29 is 4.74 Å². The van der Waals surface area contributed by atoms with Crippen LogP contribution in [-0.2, 0) is 4.74 Å². The second-order valence-corrected chi connectivity index (χ2v) is 5.31. The van der Waals surface area contributed by atoms with E-state index >= 15 is 0 Å². The molecule has 3 heteroatoms. The van der Waals surface area contributed by atoms with Crippen LogP contribution in [0, 0.1) is 0 Å². The van der Waals surface area contributed by atoms with E-state index in [1.165, 1.54) is 32.1 Å². The van der Waals surface area contributed by atoms with E-state index in [0.29, 0.717) is 12.1 Å². The highest BCUT2D eigenvalue weighted by Crippen LogP contribution is 2.20. The molecular weight excluding hydrogens is 200 g/mol. The first-order chi connectivity index (χ1) is 7.84. The van der Waals surface area contributed by atoms with Crippen molar-refractivity contribution in [2.24, 2.45) is 5.73 Å². The monoisotopic (exact) mass is 226 g/mol. The molecule has 0 aromatic carbocycles. The van der Waals surface area contributed by atoms with Crippen LogP contribution in [0.5, 0.6) is 0 Å². The first-order valence-electron chi connectivity index (χ1n) is 6.94. The second-order valence-electron chi connectivity index (χ2n) is 5.31. The maximum atomic E-state index is 5.94. The van der Waals surface area contributed by atoms with Gasteiger partial charge in [-0.15, -0.1) is 0 Å². The molecule has 0 radical (unpaired) electrons. The summed E-state index contributed by atoms with van der Waals surface area (Å²) in [6, 6.07) is 0.440. The Kier molecular flexibility index (Phi) is 5.07. The third kappa shape index (κ3) is 4.04. The van der Waals surface area contributed by atoms with Crippen LogP contribution in [-0.4, -0.2) is 43.3 Å². The maximum absolute atomic E-state index is 5.94. The molecule has 0 unspecified atom stereocenters. The minimum atomic E-state index is 0.440. The van der Waals surface area contributed by atoms with Gasteiger partial charge in [-0.2, -0.15) is 0 Å². The number of hydrogen-bond acceptors (Lipinski definition) is 3. The minimum absolute atomic E-state index is 0.440. The maximum Gasteiger partial charge on any atom is 0.0597 e. The Hall–Kier alpha value is -0.120. The van der Waals surface area contributed by atoms with Crippen LogP contribution >= 0.6 is 0 Å². The van der Waals surface area contributed by atoms with Crippen LogP contribution in [0.25, 0.3) is 0 Å². The molecule has 0 spiro atoms. The van der Waals surface area contributed by atoms with E-state index < -0.39 is 0 Å². The SMILES string of the molecule is NC1CCN(CCOC2CCCCC2)CC1. The van der Waals surface area contributed by atoms with E-state index in [9.17, 15) is 0 Å². The summed E-state index contributed by atoms with van der Waals surface area (Å²) in [5.74, 6) is 0. The number of piperidine rings is 1. The Bertz CT molecular complexity index is 184. The van der Waals surface area contributed by atoms with E-state index in [2.05, 4.69) is 4.90 Å². The largest absolute Gasteiger partial charge is 0.377 e. The van der Waals surface area contributed by atoms with Crippen molar-refractivity contribution in [3.8, 4) is 0 Å². The van der Waals surface area contributed by atoms with Crippen LogP contribution in [0.4, 0.5) is 0 Å². The molecule has 1 heterocycles. The van der Waals surface area contributed by atoms with Gasteiger partial charge in [-0.3, -0.25) is 0 Å². The van der Waals surface area contributed by atoms with Crippen molar-refractivity contribution in [1.82, 2.24) is 4.90 Å². The highest BCUT2D eigenvalue weighted by molar-refractivity contribution is 4.74. The molecule has 0 atom stereocenters. The van der Waals surface area contributed by atoms with Crippen molar-refractivity contribution in [3.63, 3.8) is 0 Å². The lowest BCUT2D eigenvalue weighted by atomic mass is 9.98. The van der Waals surface area contributed by atoms with Gasteiger partial charge in [0.1, 0.15) is 0 Å². The molecular formula is C13H26N2O. The zero-order valence-corrected chi connectivity index (χ0v) is 10.4. The smallest absolute Gasteiger partial charge is 0.0597 e. The predicted octanol–water partition coefficient (Wildman–Crippen LogP) is 1.76. The van der Waals surface area contributed by atoms with Crippen molar-refractivity contribution in [2.45, 2.75) is 57.1 Å². The molecule has 94 valence electrons. The molecule has 2 fully saturated rings. The van der Waals surface area contributed by atoms with Crippen molar-refractivity contribution in [1.29, 1.82) is 0 Å². The quantitative estimate of drug-likeness (QED) is 0.794. The summed E-state index contributed by atoms with van der Waals surface area (Å²) in [5, 5.41) is 0. The van der Waals surface area contributed by atoms with Crippen LogP contribution in [0.1, 0.15) is 44.9 Å². The molecule has 1 saturated heterocycles. The summed E-state index contributed by atoms with van der Waals surface area (Å²) < 4.78 is 5.94. The first-order valence-corrected chi connectivity index (χ1v) is 6.94. The van der Waals surface area contributed by atoms with Crippen LogP contribution in [0.2, 0.25) is 0 Å². The summed E-state index contributed by atoms with van der Waals surface area (Å²) in [6.07, 6.45) is 9.57. The van der Waals surface area contributed by atoms with Gasteiger partial charge in [-0.25, -0.2) is 0 Å². The van der Waals surface area contributed by atoms with Crippen LogP contribution in [0.15, 0.2) is 0 Å². The Labute approximate surface area is 99.3 Å². The normalized spacial score (nSPS) is 26.1. The Morgan fingerprint density at radius 2 is 1.69 bits per heavy atom. The number of likely N-dealkylation sites (tertiary alicyclic amines) is 1. The number of nitrogens with zero attached hydrogens (tertiary/aromatic N) is 1. The highest BCUT2D eigenvalue weighted by Gasteiger charge is 2.17. The average Bonchev–Trinajstić information content (AvgIpc) is 2.33. The van der Waals surface area contributed by atoms with E-state index in [1.54, 1.807) is 0 Å². The van der Waals surface area contributed by atoms with Gasteiger partial charge in [0.2, 0.25) is 0 Å². The Morgan fingerprint density at radius 1 is 1.00 bits per heavy atom. The van der Waals surface area contributed by atoms with Gasteiger partial charge in [0, 0.05) is 12.6 Å². The molecule has 2 aliphatic rings. The van der Waals surface area contributed by atoms with Gasteiger partial charge in [-0.1, -0.05) is 19.3 Å². The van der Waals surface area contributed by atoms with Gasteiger partial charge in [-0.05, 0) is 38.8 Å². The first kappa shape index (κ1) is 12.3. The molecule has 1 saturated carbocycles. The summed E-state index contributed by atoms with van der Waals surface area (Å²) in [4.78, 5) is 2.49. The van der Waals surface area contributed by atoms with Gasteiger partial charge in [0.05, 0.1) is 12.7 Å². The molecule has 2 rings (SSSR count).